The zero-order valence-electron chi connectivity index (χ0n) is 17.0. The highest BCUT2D eigenvalue weighted by atomic mass is 16.2. The first-order valence-corrected chi connectivity index (χ1v) is 9.62. The molecule has 3 N–H and O–H groups in total. The number of primary amides is 1. The molecule has 1 atom stereocenters. The fraction of sp³-hybridized carbons (Fsp3) is 0.476. The van der Waals surface area contributed by atoms with Gasteiger partial charge in [-0.2, -0.15) is 0 Å². The van der Waals surface area contributed by atoms with Gasteiger partial charge in [-0.15, -0.1) is 0 Å². The van der Waals surface area contributed by atoms with Crippen molar-refractivity contribution in [2.45, 2.75) is 46.3 Å². The van der Waals surface area contributed by atoms with E-state index in [0.29, 0.717) is 12.2 Å². The number of hydrogen-bond donors (Lipinski definition) is 2. The third-order valence-electron chi connectivity index (χ3n) is 5.09. The van der Waals surface area contributed by atoms with Crippen LogP contribution in [0.2, 0.25) is 0 Å². The van der Waals surface area contributed by atoms with Gasteiger partial charge >= 0.3 is 0 Å². The van der Waals surface area contributed by atoms with Gasteiger partial charge in [0.25, 0.3) is 5.91 Å². The molecule has 1 aromatic heterocycles. The second-order valence-electron chi connectivity index (χ2n) is 8.51. The summed E-state index contributed by atoms with van der Waals surface area (Å²) in [7, 11) is 2.04. The van der Waals surface area contributed by atoms with E-state index < -0.39 is 17.4 Å². The van der Waals surface area contributed by atoms with Gasteiger partial charge in [-0.25, -0.2) is 4.98 Å². The highest BCUT2D eigenvalue weighted by Crippen LogP contribution is 2.27. The maximum atomic E-state index is 13.1. The summed E-state index contributed by atoms with van der Waals surface area (Å²) in [6.07, 6.45) is 0.979. The molecule has 3 rings (SSSR count). The van der Waals surface area contributed by atoms with Crippen LogP contribution in [0.15, 0.2) is 30.3 Å². The number of imidazole rings is 1. The Bertz CT molecular complexity index is 867. The molecule has 0 aliphatic carbocycles. The number of fused-ring (bicyclic) bond motifs is 1. The van der Waals surface area contributed by atoms with Gasteiger partial charge in [-0.1, -0.05) is 51.1 Å². The van der Waals surface area contributed by atoms with Crippen LogP contribution in [0.4, 0.5) is 0 Å². The van der Waals surface area contributed by atoms with Crippen LogP contribution in [-0.2, 0) is 17.9 Å². The monoisotopic (exact) mass is 383 g/mol. The zero-order valence-corrected chi connectivity index (χ0v) is 17.0. The first-order chi connectivity index (χ1) is 13.2. The van der Waals surface area contributed by atoms with Gasteiger partial charge in [0.1, 0.15) is 11.9 Å². The highest BCUT2D eigenvalue weighted by Gasteiger charge is 2.33. The number of aromatic nitrogens is 2. The SMILES string of the molecule is CN1CCCn2c(-c3ccccc3)nc(C(=O)NC(C(N)=O)C(C)(C)C)c2C1. The number of nitrogens with two attached hydrogens (primary N) is 1. The quantitative estimate of drug-likeness (QED) is 0.845. The van der Waals surface area contributed by atoms with Crippen LogP contribution in [0.25, 0.3) is 11.4 Å². The minimum atomic E-state index is -0.777. The highest BCUT2D eigenvalue weighted by molar-refractivity contribution is 5.97. The summed E-state index contributed by atoms with van der Waals surface area (Å²) in [4.78, 5) is 31.9. The lowest BCUT2D eigenvalue weighted by atomic mass is 9.86. The van der Waals surface area contributed by atoms with Gasteiger partial charge in [-0.05, 0) is 25.4 Å². The van der Waals surface area contributed by atoms with Gasteiger partial charge in [0.05, 0.1) is 5.69 Å². The van der Waals surface area contributed by atoms with Crippen molar-refractivity contribution >= 4 is 11.8 Å². The minimum Gasteiger partial charge on any atom is -0.368 e. The van der Waals surface area contributed by atoms with E-state index in [0.717, 1.165) is 36.6 Å². The second-order valence-corrected chi connectivity index (χ2v) is 8.51. The third-order valence-corrected chi connectivity index (χ3v) is 5.09. The normalized spacial score (nSPS) is 16.1. The Hall–Kier alpha value is -2.67. The lowest BCUT2D eigenvalue weighted by Crippen LogP contribution is -2.52. The molecular formula is C21H29N5O2. The van der Waals surface area contributed by atoms with Crippen molar-refractivity contribution in [1.82, 2.24) is 19.8 Å². The molecule has 0 bridgehead atoms. The van der Waals surface area contributed by atoms with Crippen molar-refractivity contribution in [3.63, 3.8) is 0 Å². The number of carbonyl (C=O) groups is 2. The Morgan fingerprint density at radius 3 is 2.46 bits per heavy atom. The van der Waals surface area contributed by atoms with E-state index in [9.17, 15) is 9.59 Å². The molecule has 1 aliphatic rings. The Morgan fingerprint density at radius 1 is 1.18 bits per heavy atom. The predicted molar refractivity (Wildman–Crippen MR) is 109 cm³/mol. The number of nitrogens with zero attached hydrogens (tertiary/aromatic N) is 3. The fourth-order valence-electron chi connectivity index (χ4n) is 3.62. The first-order valence-electron chi connectivity index (χ1n) is 9.62. The summed E-state index contributed by atoms with van der Waals surface area (Å²) in [5, 5.41) is 2.82. The van der Waals surface area contributed by atoms with Crippen molar-refractivity contribution < 1.29 is 9.59 Å². The standard InChI is InChI=1S/C21H29N5O2/c1-21(2,3)17(18(22)27)24-20(28)16-15-13-25(4)11-8-12-26(15)19(23-16)14-9-6-5-7-10-14/h5-7,9-10,17H,8,11-13H2,1-4H3,(H2,22,27)(H,24,28). The summed E-state index contributed by atoms with van der Waals surface area (Å²) in [5.41, 5.74) is 7.25. The van der Waals surface area contributed by atoms with Gasteiger partial charge in [0, 0.05) is 18.7 Å². The summed E-state index contributed by atoms with van der Waals surface area (Å²) in [6.45, 7) is 7.99. The predicted octanol–water partition coefficient (Wildman–Crippen LogP) is 2.02. The van der Waals surface area contributed by atoms with E-state index >= 15 is 0 Å². The van der Waals surface area contributed by atoms with E-state index in [4.69, 9.17) is 10.7 Å². The Labute approximate surface area is 165 Å². The lowest BCUT2D eigenvalue weighted by molar-refractivity contribution is -0.122. The number of hydrogen-bond acceptors (Lipinski definition) is 4. The van der Waals surface area contributed by atoms with Crippen molar-refractivity contribution in [3.05, 3.63) is 41.7 Å². The second kappa shape index (κ2) is 7.75. The van der Waals surface area contributed by atoms with Gasteiger partial charge in [0.2, 0.25) is 5.91 Å². The van der Waals surface area contributed by atoms with Crippen LogP contribution in [-0.4, -0.2) is 45.9 Å². The van der Waals surface area contributed by atoms with Crippen LogP contribution in [0.3, 0.4) is 0 Å². The number of rotatable bonds is 4. The molecule has 1 unspecified atom stereocenters. The number of nitrogens with one attached hydrogen (secondary N) is 1. The van der Waals surface area contributed by atoms with Crippen LogP contribution in [0, 0.1) is 5.41 Å². The number of amides is 2. The van der Waals surface area contributed by atoms with Crippen LogP contribution in [0.1, 0.15) is 43.4 Å². The summed E-state index contributed by atoms with van der Waals surface area (Å²) in [5.74, 6) is -0.131. The molecule has 0 saturated heterocycles. The molecule has 0 radical (unpaired) electrons. The Kier molecular flexibility index (Phi) is 5.56. The van der Waals surface area contributed by atoms with E-state index in [2.05, 4.69) is 14.8 Å². The van der Waals surface area contributed by atoms with Gasteiger partial charge in [0.15, 0.2) is 5.69 Å². The fourth-order valence-corrected chi connectivity index (χ4v) is 3.62. The summed E-state index contributed by atoms with van der Waals surface area (Å²) >= 11 is 0. The molecule has 2 heterocycles. The van der Waals surface area contributed by atoms with E-state index in [1.54, 1.807) is 0 Å². The minimum absolute atomic E-state index is 0.361. The lowest BCUT2D eigenvalue weighted by Gasteiger charge is -2.28. The van der Waals surface area contributed by atoms with Crippen molar-refractivity contribution in [2.24, 2.45) is 11.1 Å². The molecule has 2 amide bonds. The Balaban J connectivity index is 2.04. The molecule has 150 valence electrons. The average molecular weight is 383 g/mol. The molecule has 1 aromatic carbocycles. The maximum Gasteiger partial charge on any atom is 0.272 e. The molecule has 7 nitrogen and oxygen atoms in total. The van der Waals surface area contributed by atoms with Crippen LogP contribution < -0.4 is 11.1 Å². The summed E-state index contributed by atoms with van der Waals surface area (Å²) in [6, 6.07) is 9.09. The summed E-state index contributed by atoms with van der Waals surface area (Å²) < 4.78 is 2.13. The molecule has 7 heteroatoms. The van der Waals surface area contributed by atoms with E-state index in [1.807, 2.05) is 58.2 Å². The van der Waals surface area contributed by atoms with Gasteiger partial charge < -0.3 is 20.5 Å². The van der Waals surface area contributed by atoms with Crippen LogP contribution in [0.5, 0.6) is 0 Å². The molecule has 0 saturated carbocycles. The maximum absolute atomic E-state index is 13.1. The third kappa shape index (κ3) is 4.09. The topological polar surface area (TPSA) is 93.2 Å². The van der Waals surface area contributed by atoms with E-state index in [-0.39, 0.29) is 5.91 Å². The smallest absolute Gasteiger partial charge is 0.272 e. The van der Waals surface area contributed by atoms with Crippen molar-refractivity contribution in [2.75, 3.05) is 13.6 Å². The van der Waals surface area contributed by atoms with Gasteiger partial charge in [-0.3, -0.25) is 9.59 Å². The number of benzene rings is 1. The van der Waals surface area contributed by atoms with Crippen molar-refractivity contribution in [3.8, 4) is 11.4 Å². The van der Waals surface area contributed by atoms with E-state index in [1.165, 1.54) is 0 Å². The number of carbonyl (C=O) groups excluding carboxylic acids is 2. The van der Waals surface area contributed by atoms with Crippen LogP contribution >= 0.6 is 0 Å². The molecular weight excluding hydrogens is 354 g/mol. The van der Waals surface area contributed by atoms with Crippen molar-refractivity contribution in [1.29, 1.82) is 0 Å². The average Bonchev–Trinajstić information content (AvgIpc) is 2.86. The Morgan fingerprint density at radius 2 is 1.86 bits per heavy atom. The molecule has 28 heavy (non-hydrogen) atoms. The molecule has 0 spiro atoms. The zero-order chi connectivity index (χ0) is 20.5. The largest absolute Gasteiger partial charge is 0.368 e. The first kappa shape index (κ1) is 20.1. The molecule has 1 aliphatic heterocycles. The molecule has 2 aromatic rings. The molecule has 0 fully saturated rings.